The van der Waals surface area contributed by atoms with Crippen molar-refractivity contribution in [3.05, 3.63) is 0 Å². The highest BCUT2D eigenvalue weighted by Gasteiger charge is 2.21. The van der Waals surface area contributed by atoms with E-state index in [1.165, 1.54) is 18.6 Å². The van der Waals surface area contributed by atoms with E-state index in [9.17, 15) is 0 Å². The first kappa shape index (κ1) is 7.13. The molecule has 52 valence electrons. The van der Waals surface area contributed by atoms with Gasteiger partial charge in [0.05, 0.1) is 0 Å². The highest BCUT2D eigenvalue weighted by atomic mass is 32.2. The topological polar surface area (TPSA) is 12.4 Å². The summed E-state index contributed by atoms with van der Waals surface area (Å²) in [5, 5.41) is 0. The van der Waals surface area contributed by atoms with Gasteiger partial charge >= 0.3 is 0 Å². The molecule has 0 fully saturated rings. The lowest BCUT2D eigenvalue weighted by Gasteiger charge is -2.25. The van der Waals surface area contributed by atoms with Gasteiger partial charge in [-0.1, -0.05) is 13.8 Å². The quantitative estimate of drug-likeness (QED) is 0.514. The fourth-order valence-corrected chi connectivity index (χ4v) is 1.82. The van der Waals surface area contributed by atoms with Crippen molar-refractivity contribution < 1.29 is 0 Å². The smallest absolute Gasteiger partial charge is 0.0185 e. The SMILES string of the molecule is CCC1(C)C=NSCC1. The highest BCUT2D eigenvalue weighted by molar-refractivity contribution is 7.98. The lowest BCUT2D eigenvalue weighted by atomic mass is 9.86. The summed E-state index contributed by atoms with van der Waals surface area (Å²) in [7, 11) is 0. The van der Waals surface area contributed by atoms with Crippen molar-refractivity contribution in [3.8, 4) is 0 Å². The van der Waals surface area contributed by atoms with E-state index in [1.54, 1.807) is 11.9 Å². The maximum Gasteiger partial charge on any atom is 0.0185 e. The minimum absolute atomic E-state index is 0.408. The molecule has 0 saturated heterocycles. The lowest BCUT2D eigenvalue weighted by molar-refractivity contribution is 0.445. The normalized spacial score (nSPS) is 34.9. The molecule has 9 heavy (non-hydrogen) atoms. The highest BCUT2D eigenvalue weighted by Crippen LogP contribution is 2.29. The van der Waals surface area contributed by atoms with Crippen LogP contribution >= 0.6 is 11.9 Å². The van der Waals surface area contributed by atoms with Crippen LogP contribution in [0.5, 0.6) is 0 Å². The van der Waals surface area contributed by atoms with Crippen LogP contribution in [0.15, 0.2) is 4.40 Å². The molecule has 0 amide bonds. The Bertz CT molecular complexity index is 122. The largest absolute Gasteiger partial charge is 0.228 e. The van der Waals surface area contributed by atoms with Gasteiger partial charge in [-0.25, -0.2) is 4.40 Å². The van der Waals surface area contributed by atoms with Crippen LogP contribution in [0.2, 0.25) is 0 Å². The number of rotatable bonds is 1. The van der Waals surface area contributed by atoms with E-state index in [0.717, 1.165) is 0 Å². The van der Waals surface area contributed by atoms with Crippen molar-refractivity contribution in [1.82, 2.24) is 0 Å². The first-order valence-corrected chi connectivity index (χ1v) is 4.37. The van der Waals surface area contributed by atoms with Gasteiger partial charge in [-0.05, 0) is 24.8 Å². The second-order valence-corrected chi connectivity index (χ2v) is 3.70. The van der Waals surface area contributed by atoms with Crippen LogP contribution in [0.25, 0.3) is 0 Å². The van der Waals surface area contributed by atoms with Crippen LogP contribution in [0.4, 0.5) is 0 Å². The minimum Gasteiger partial charge on any atom is -0.228 e. The molecule has 0 aliphatic carbocycles. The third-order valence-electron chi connectivity index (χ3n) is 2.01. The second-order valence-electron chi connectivity index (χ2n) is 2.83. The zero-order valence-electron chi connectivity index (χ0n) is 6.05. The van der Waals surface area contributed by atoms with E-state index in [1.807, 2.05) is 0 Å². The van der Waals surface area contributed by atoms with Gasteiger partial charge in [-0.3, -0.25) is 0 Å². The van der Waals surface area contributed by atoms with Gasteiger partial charge in [0.25, 0.3) is 0 Å². The monoisotopic (exact) mass is 143 g/mol. The molecular weight excluding hydrogens is 130 g/mol. The predicted molar refractivity (Wildman–Crippen MR) is 44.0 cm³/mol. The Balaban J connectivity index is 2.56. The molecule has 1 unspecified atom stereocenters. The van der Waals surface area contributed by atoms with Gasteiger partial charge in [0, 0.05) is 17.4 Å². The molecule has 2 heteroatoms. The molecular formula is C7H13NS. The van der Waals surface area contributed by atoms with Gasteiger partial charge in [-0.2, -0.15) is 0 Å². The summed E-state index contributed by atoms with van der Waals surface area (Å²) in [5.41, 5.74) is 0.408. The van der Waals surface area contributed by atoms with Gasteiger partial charge in [0.2, 0.25) is 0 Å². The molecule has 0 saturated carbocycles. The van der Waals surface area contributed by atoms with Gasteiger partial charge in [-0.15, -0.1) is 0 Å². The molecule has 0 aromatic carbocycles. The Kier molecular flexibility index (Phi) is 2.17. The number of nitrogens with zero attached hydrogens (tertiary/aromatic N) is 1. The summed E-state index contributed by atoms with van der Waals surface area (Å²) >= 11 is 1.68. The molecule has 0 spiro atoms. The van der Waals surface area contributed by atoms with E-state index < -0.39 is 0 Å². The fourth-order valence-electron chi connectivity index (χ4n) is 0.829. The Morgan fingerprint density at radius 1 is 1.78 bits per heavy atom. The lowest BCUT2D eigenvalue weighted by Crippen LogP contribution is -2.19. The molecule has 0 aromatic heterocycles. The summed E-state index contributed by atoms with van der Waals surface area (Å²) in [4.78, 5) is 0. The number of hydrogen-bond acceptors (Lipinski definition) is 2. The van der Waals surface area contributed by atoms with Crippen LogP contribution in [-0.2, 0) is 0 Å². The Morgan fingerprint density at radius 2 is 2.56 bits per heavy atom. The standard InChI is InChI=1S/C7H13NS/c1-3-7(2)4-5-9-8-6-7/h6H,3-5H2,1-2H3. The third kappa shape index (κ3) is 1.71. The van der Waals surface area contributed by atoms with Crippen molar-refractivity contribution in [1.29, 1.82) is 0 Å². The first-order valence-electron chi connectivity index (χ1n) is 3.43. The fraction of sp³-hybridized carbons (Fsp3) is 0.857. The molecule has 1 aliphatic heterocycles. The van der Waals surface area contributed by atoms with Crippen molar-refractivity contribution in [3.63, 3.8) is 0 Å². The molecule has 0 aromatic rings. The third-order valence-corrected chi connectivity index (χ3v) is 2.65. The van der Waals surface area contributed by atoms with Crippen LogP contribution in [0, 0.1) is 5.41 Å². The van der Waals surface area contributed by atoms with Crippen molar-refractivity contribution in [2.45, 2.75) is 26.7 Å². The average molecular weight is 143 g/mol. The van der Waals surface area contributed by atoms with Crippen LogP contribution in [0.3, 0.4) is 0 Å². The van der Waals surface area contributed by atoms with E-state index in [0.29, 0.717) is 5.41 Å². The summed E-state index contributed by atoms with van der Waals surface area (Å²) in [5.74, 6) is 1.20. The maximum atomic E-state index is 4.19. The van der Waals surface area contributed by atoms with Crippen LogP contribution in [-0.4, -0.2) is 12.0 Å². The molecule has 0 N–H and O–H groups in total. The maximum absolute atomic E-state index is 4.19. The molecule has 1 nitrogen and oxygen atoms in total. The van der Waals surface area contributed by atoms with Crippen molar-refractivity contribution in [2.75, 3.05) is 5.75 Å². The molecule has 1 atom stereocenters. The molecule has 1 heterocycles. The van der Waals surface area contributed by atoms with Crippen molar-refractivity contribution >= 4 is 18.2 Å². The van der Waals surface area contributed by atoms with Gasteiger partial charge in [0.1, 0.15) is 0 Å². The Morgan fingerprint density at radius 3 is 2.89 bits per heavy atom. The van der Waals surface area contributed by atoms with Crippen molar-refractivity contribution in [2.24, 2.45) is 9.81 Å². The number of hydrogen-bond donors (Lipinski definition) is 0. The predicted octanol–water partition coefficient (Wildman–Crippen LogP) is 2.53. The van der Waals surface area contributed by atoms with Crippen LogP contribution < -0.4 is 0 Å². The molecule has 0 bridgehead atoms. The van der Waals surface area contributed by atoms with Crippen LogP contribution in [0.1, 0.15) is 26.7 Å². The summed E-state index contributed by atoms with van der Waals surface area (Å²) in [6.07, 6.45) is 4.61. The van der Waals surface area contributed by atoms with E-state index in [-0.39, 0.29) is 0 Å². The zero-order valence-corrected chi connectivity index (χ0v) is 6.87. The second kappa shape index (κ2) is 2.74. The van der Waals surface area contributed by atoms with E-state index in [2.05, 4.69) is 24.5 Å². The summed E-state index contributed by atoms with van der Waals surface area (Å²) in [6.45, 7) is 4.50. The van der Waals surface area contributed by atoms with E-state index in [4.69, 9.17) is 0 Å². The molecule has 0 radical (unpaired) electrons. The Labute approximate surface area is 61.1 Å². The first-order chi connectivity index (χ1) is 4.27. The zero-order chi connectivity index (χ0) is 6.74. The minimum atomic E-state index is 0.408. The summed E-state index contributed by atoms with van der Waals surface area (Å²) < 4.78 is 4.19. The van der Waals surface area contributed by atoms with Gasteiger partial charge < -0.3 is 0 Å². The summed E-state index contributed by atoms with van der Waals surface area (Å²) in [6, 6.07) is 0. The average Bonchev–Trinajstić information content (AvgIpc) is 1.90. The van der Waals surface area contributed by atoms with Gasteiger partial charge in [0.15, 0.2) is 0 Å². The Hall–Kier alpha value is 0.0200. The molecule has 1 rings (SSSR count). The molecule has 1 aliphatic rings. The van der Waals surface area contributed by atoms with E-state index >= 15 is 0 Å².